The average Bonchev–Trinajstić information content (AvgIpc) is 3.31. The van der Waals surface area contributed by atoms with E-state index in [1.54, 1.807) is 6.07 Å². The van der Waals surface area contributed by atoms with Crippen molar-refractivity contribution < 1.29 is 19.4 Å². The van der Waals surface area contributed by atoms with E-state index < -0.39 is 12.1 Å². The van der Waals surface area contributed by atoms with Gasteiger partial charge in [0.25, 0.3) is 0 Å². The monoisotopic (exact) mass is 385 g/mol. The van der Waals surface area contributed by atoms with Gasteiger partial charge in [0, 0.05) is 12.5 Å². The summed E-state index contributed by atoms with van der Waals surface area (Å²) in [7, 11) is 0. The van der Waals surface area contributed by atoms with Gasteiger partial charge in [0.1, 0.15) is 6.61 Å². The SMILES string of the molecule is O=C(O)c1cccc2c1N(C(=O)OCC1c3ccccc3-c3ccccc31)CC2. The highest BCUT2D eigenvalue weighted by Gasteiger charge is 2.33. The van der Waals surface area contributed by atoms with Crippen LogP contribution in [0.2, 0.25) is 0 Å². The molecule has 0 radical (unpaired) electrons. The van der Waals surface area contributed by atoms with Crippen LogP contribution in [0.1, 0.15) is 33.0 Å². The van der Waals surface area contributed by atoms with E-state index >= 15 is 0 Å². The van der Waals surface area contributed by atoms with Gasteiger partial charge in [0.15, 0.2) is 0 Å². The van der Waals surface area contributed by atoms with E-state index in [0.29, 0.717) is 18.7 Å². The van der Waals surface area contributed by atoms with Crippen LogP contribution in [0.4, 0.5) is 10.5 Å². The Bertz CT molecular complexity index is 1090. The number of para-hydroxylation sites is 1. The molecule has 0 spiro atoms. The molecule has 2 aliphatic rings. The lowest BCUT2D eigenvalue weighted by atomic mass is 9.98. The Morgan fingerprint density at radius 2 is 1.59 bits per heavy atom. The number of aromatic carboxylic acids is 1. The van der Waals surface area contributed by atoms with E-state index in [1.165, 1.54) is 22.1 Å². The van der Waals surface area contributed by atoms with E-state index in [0.717, 1.165) is 16.7 Å². The summed E-state index contributed by atoms with van der Waals surface area (Å²) in [5, 5.41) is 9.49. The van der Waals surface area contributed by atoms with Gasteiger partial charge in [-0.05, 0) is 40.3 Å². The number of carbonyl (C=O) groups excluding carboxylic acids is 1. The fourth-order valence-corrected chi connectivity index (χ4v) is 4.48. The minimum atomic E-state index is -1.04. The highest BCUT2D eigenvalue weighted by Crippen LogP contribution is 2.44. The standard InChI is InChI=1S/C24H19NO4/c26-23(27)20-11-5-6-15-12-13-25(22(15)20)24(28)29-14-21-18-9-3-1-7-16(18)17-8-2-4-10-19(17)21/h1-11,21H,12-14H2,(H,26,27). The summed E-state index contributed by atoms with van der Waals surface area (Å²) in [6.07, 6.45) is 0.125. The van der Waals surface area contributed by atoms with Gasteiger partial charge in [-0.2, -0.15) is 0 Å². The molecule has 1 amide bonds. The molecule has 0 saturated carbocycles. The van der Waals surface area contributed by atoms with Crippen LogP contribution in [0, 0.1) is 0 Å². The highest BCUT2D eigenvalue weighted by atomic mass is 16.6. The maximum absolute atomic E-state index is 12.9. The maximum Gasteiger partial charge on any atom is 0.414 e. The van der Waals surface area contributed by atoms with E-state index in [-0.39, 0.29) is 18.1 Å². The fourth-order valence-electron chi connectivity index (χ4n) is 4.48. The molecule has 144 valence electrons. The van der Waals surface area contributed by atoms with Crippen LogP contribution in [-0.2, 0) is 11.2 Å². The molecule has 1 aliphatic heterocycles. The molecule has 0 bridgehead atoms. The summed E-state index contributed by atoms with van der Waals surface area (Å²) >= 11 is 0. The lowest BCUT2D eigenvalue weighted by Crippen LogP contribution is -2.31. The van der Waals surface area contributed by atoms with E-state index in [4.69, 9.17) is 4.74 Å². The number of hydrogen-bond donors (Lipinski definition) is 1. The molecule has 3 aromatic rings. The van der Waals surface area contributed by atoms with Crippen molar-refractivity contribution >= 4 is 17.7 Å². The lowest BCUT2D eigenvalue weighted by molar-refractivity contribution is 0.0697. The zero-order chi connectivity index (χ0) is 20.0. The molecule has 5 heteroatoms. The second kappa shape index (κ2) is 6.78. The molecular formula is C24H19NO4. The molecule has 0 fully saturated rings. The normalized spacial score (nSPS) is 14.3. The van der Waals surface area contributed by atoms with Crippen molar-refractivity contribution in [3.05, 3.63) is 89.0 Å². The summed E-state index contributed by atoms with van der Waals surface area (Å²) in [6.45, 7) is 0.643. The largest absolute Gasteiger partial charge is 0.478 e. The molecule has 29 heavy (non-hydrogen) atoms. The van der Waals surface area contributed by atoms with Crippen molar-refractivity contribution in [3.63, 3.8) is 0 Å². The molecule has 1 N–H and O–H groups in total. The molecule has 0 unspecified atom stereocenters. The van der Waals surface area contributed by atoms with E-state index in [2.05, 4.69) is 24.3 Å². The molecule has 5 nitrogen and oxygen atoms in total. The van der Waals surface area contributed by atoms with Crippen LogP contribution in [0.3, 0.4) is 0 Å². The number of carboxylic acid groups (broad SMARTS) is 1. The number of fused-ring (bicyclic) bond motifs is 4. The van der Waals surface area contributed by atoms with Crippen LogP contribution in [0.15, 0.2) is 66.7 Å². The van der Waals surface area contributed by atoms with Crippen molar-refractivity contribution in [1.82, 2.24) is 0 Å². The minimum absolute atomic E-state index is 0.0249. The summed E-state index contributed by atoms with van der Waals surface area (Å²) in [4.78, 5) is 25.9. The average molecular weight is 385 g/mol. The zero-order valence-corrected chi connectivity index (χ0v) is 15.7. The number of nitrogens with zero attached hydrogens (tertiary/aromatic N) is 1. The molecule has 1 heterocycles. The molecule has 0 aromatic heterocycles. The van der Waals surface area contributed by atoms with Gasteiger partial charge in [-0.1, -0.05) is 60.7 Å². The predicted octanol–water partition coefficient (Wildman–Crippen LogP) is 4.70. The third-order valence-corrected chi connectivity index (χ3v) is 5.78. The van der Waals surface area contributed by atoms with Gasteiger partial charge in [-0.15, -0.1) is 0 Å². The van der Waals surface area contributed by atoms with Crippen molar-refractivity contribution in [2.24, 2.45) is 0 Å². The van der Waals surface area contributed by atoms with Crippen LogP contribution in [0.5, 0.6) is 0 Å². The molecular weight excluding hydrogens is 366 g/mol. The number of benzene rings is 3. The number of carboxylic acids is 1. The van der Waals surface area contributed by atoms with Gasteiger partial charge >= 0.3 is 12.1 Å². The Morgan fingerprint density at radius 3 is 2.24 bits per heavy atom. The summed E-state index contributed by atoms with van der Waals surface area (Å²) in [5.74, 6) is -1.07. The predicted molar refractivity (Wildman–Crippen MR) is 110 cm³/mol. The van der Waals surface area contributed by atoms with Crippen molar-refractivity contribution in [1.29, 1.82) is 0 Å². The third kappa shape index (κ3) is 2.78. The molecule has 3 aromatic carbocycles. The van der Waals surface area contributed by atoms with Crippen LogP contribution in [-0.4, -0.2) is 30.3 Å². The van der Waals surface area contributed by atoms with Gasteiger partial charge in [-0.3, -0.25) is 4.90 Å². The topological polar surface area (TPSA) is 66.8 Å². The lowest BCUT2D eigenvalue weighted by Gasteiger charge is -2.21. The fraction of sp³-hybridized carbons (Fsp3) is 0.167. The molecule has 1 aliphatic carbocycles. The van der Waals surface area contributed by atoms with E-state index in [1.807, 2.05) is 30.3 Å². The Labute approximate surface area is 168 Å². The van der Waals surface area contributed by atoms with Crippen LogP contribution < -0.4 is 4.90 Å². The molecule has 0 saturated heterocycles. The second-order valence-electron chi connectivity index (χ2n) is 7.32. The summed E-state index contributed by atoms with van der Waals surface area (Å²) in [6, 6.07) is 21.4. The smallest absolute Gasteiger partial charge is 0.414 e. The first-order valence-electron chi connectivity index (χ1n) is 9.63. The van der Waals surface area contributed by atoms with Gasteiger partial charge in [-0.25, -0.2) is 9.59 Å². The highest BCUT2D eigenvalue weighted by molar-refractivity contribution is 6.02. The Hall–Kier alpha value is -3.60. The van der Waals surface area contributed by atoms with E-state index in [9.17, 15) is 14.7 Å². The first-order valence-corrected chi connectivity index (χ1v) is 9.63. The number of amides is 1. The first-order chi connectivity index (χ1) is 14.1. The number of ether oxygens (including phenoxy) is 1. The quantitative estimate of drug-likeness (QED) is 0.710. The van der Waals surface area contributed by atoms with Gasteiger partial charge < -0.3 is 9.84 Å². The zero-order valence-electron chi connectivity index (χ0n) is 15.7. The summed E-state index contributed by atoms with van der Waals surface area (Å²) < 4.78 is 5.71. The van der Waals surface area contributed by atoms with Crippen molar-refractivity contribution in [2.45, 2.75) is 12.3 Å². The minimum Gasteiger partial charge on any atom is -0.478 e. The first kappa shape index (κ1) is 17.5. The Kier molecular flexibility index (Phi) is 4.09. The van der Waals surface area contributed by atoms with Gasteiger partial charge in [0.2, 0.25) is 0 Å². The van der Waals surface area contributed by atoms with Crippen LogP contribution in [0.25, 0.3) is 11.1 Å². The Balaban J connectivity index is 1.40. The second-order valence-corrected chi connectivity index (χ2v) is 7.32. The van der Waals surface area contributed by atoms with Crippen molar-refractivity contribution in [2.75, 3.05) is 18.1 Å². The number of hydrogen-bond acceptors (Lipinski definition) is 3. The maximum atomic E-state index is 12.9. The van der Waals surface area contributed by atoms with Crippen molar-refractivity contribution in [3.8, 4) is 11.1 Å². The van der Waals surface area contributed by atoms with Gasteiger partial charge in [0.05, 0.1) is 11.3 Å². The number of anilines is 1. The summed E-state index contributed by atoms with van der Waals surface area (Å²) in [5.41, 5.74) is 6.08. The number of rotatable bonds is 3. The Morgan fingerprint density at radius 1 is 0.931 bits per heavy atom. The van der Waals surface area contributed by atoms with Crippen LogP contribution >= 0.6 is 0 Å². The molecule has 0 atom stereocenters. The third-order valence-electron chi connectivity index (χ3n) is 5.78. The number of carbonyl (C=O) groups is 2. The molecule has 5 rings (SSSR count).